The minimum atomic E-state index is -0.297. The molecule has 0 radical (unpaired) electrons. The second-order valence-corrected chi connectivity index (χ2v) is 4.60. The van der Waals surface area contributed by atoms with Crippen LogP contribution in [0.15, 0.2) is 22.7 Å². The average Bonchev–Trinajstić information content (AvgIpc) is 2.47. The number of aldehydes is 1. The Morgan fingerprint density at radius 1 is 1.38 bits per heavy atom. The fourth-order valence-corrected chi connectivity index (χ4v) is 2.65. The Morgan fingerprint density at radius 2 is 2.15 bits per heavy atom. The molecule has 0 amide bonds. The highest BCUT2D eigenvalue weighted by molar-refractivity contribution is 9.10. The van der Waals surface area contributed by atoms with Crippen molar-refractivity contribution in [2.75, 3.05) is 0 Å². The molecule has 0 N–H and O–H groups in total. The van der Waals surface area contributed by atoms with E-state index in [2.05, 4.69) is 15.9 Å². The fourth-order valence-electron chi connectivity index (χ4n) is 1.14. The molecule has 0 saturated carbocycles. The number of carbonyl (C=O) groups is 1. The summed E-state index contributed by atoms with van der Waals surface area (Å²) < 4.78 is 14.7. The van der Waals surface area contributed by atoms with E-state index < -0.39 is 0 Å². The van der Waals surface area contributed by atoms with Gasteiger partial charge in [-0.15, -0.1) is 11.3 Å². The van der Waals surface area contributed by atoms with Crippen LogP contribution < -0.4 is 0 Å². The maximum Gasteiger partial charge on any atom is 0.160 e. The van der Waals surface area contributed by atoms with Gasteiger partial charge in [0.1, 0.15) is 5.82 Å². The van der Waals surface area contributed by atoms with Crippen LogP contribution >= 0.6 is 27.3 Å². The molecular formula is C9H4BrFOS. The summed E-state index contributed by atoms with van der Waals surface area (Å²) in [4.78, 5) is 11.0. The molecule has 0 aliphatic carbocycles. The van der Waals surface area contributed by atoms with Gasteiger partial charge < -0.3 is 0 Å². The van der Waals surface area contributed by atoms with Crippen molar-refractivity contribution in [3.8, 4) is 0 Å². The van der Waals surface area contributed by atoms with Crippen molar-refractivity contribution in [2.45, 2.75) is 0 Å². The molecule has 0 unspecified atom stereocenters. The molecule has 0 atom stereocenters. The lowest BCUT2D eigenvalue weighted by Crippen LogP contribution is -1.74. The van der Waals surface area contributed by atoms with Gasteiger partial charge in [0, 0.05) is 14.6 Å². The van der Waals surface area contributed by atoms with Crippen molar-refractivity contribution in [2.24, 2.45) is 0 Å². The van der Waals surface area contributed by atoms with E-state index in [1.54, 1.807) is 12.1 Å². The number of rotatable bonds is 1. The number of benzene rings is 1. The third-order valence-electron chi connectivity index (χ3n) is 1.69. The van der Waals surface area contributed by atoms with E-state index >= 15 is 0 Å². The minimum Gasteiger partial charge on any atom is -0.297 e. The fraction of sp³-hybridized carbons (Fsp3) is 0. The highest BCUT2D eigenvalue weighted by Gasteiger charge is 2.06. The number of thiophene rings is 1. The standard InChI is InChI=1S/C9H4BrFOS/c10-5-1-8(11)7-3-6(4-12)13-9(7)2-5/h1-4H. The predicted octanol–water partition coefficient (Wildman–Crippen LogP) is 3.62. The Kier molecular flexibility index (Phi) is 2.17. The van der Waals surface area contributed by atoms with Gasteiger partial charge in [0.25, 0.3) is 0 Å². The van der Waals surface area contributed by atoms with Crippen LogP contribution in [-0.2, 0) is 0 Å². The van der Waals surface area contributed by atoms with Gasteiger partial charge in [0.15, 0.2) is 6.29 Å². The first-order valence-electron chi connectivity index (χ1n) is 3.54. The number of hydrogen-bond acceptors (Lipinski definition) is 2. The van der Waals surface area contributed by atoms with E-state index in [0.717, 1.165) is 11.0 Å². The van der Waals surface area contributed by atoms with E-state index in [-0.39, 0.29) is 5.82 Å². The molecule has 1 heterocycles. The molecule has 0 aliphatic rings. The Bertz CT molecular complexity index is 478. The molecule has 1 nitrogen and oxygen atoms in total. The van der Waals surface area contributed by atoms with Gasteiger partial charge >= 0.3 is 0 Å². The Hall–Kier alpha value is -0.740. The van der Waals surface area contributed by atoms with Crippen LogP contribution in [0.3, 0.4) is 0 Å². The molecule has 2 rings (SSSR count). The van der Waals surface area contributed by atoms with E-state index in [1.165, 1.54) is 17.4 Å². The zero-order valence-electron chi connectivity index (χ0n) is 6.38. The quantitative estimate of drug-likeness (QED) is 0.715. The second kappa shape index (κ2) is 3.20. The molecule has 0 aliphatic heterocycles. The van der Waals surface area contributed by atoms with Gasteiger partial charge in [-0.3, -0.25) is 4.79 Å². The first-order valence-corrected chi connectivity index (χ1v) is 5.15. The van der Waals surface area contributed by atoms with Gasteiger partial charge in [-0.1, -0.05) is 15.9 Å². The molecule has 2 aromatic rings. The molecular weight excluding hydrogens is 255 g/mol. The Balaban J connectivity index is 2.82. The smallest absolute Gasteiger partial charge is 0.160 e. The molecule has 0 fully saturated rings. The van der Waals surface area contributed by atoms with Crippen molar-refractivity contribution < 1.29 is 9.18 Å². The number of fused-ring (bicyclic) bond motifs is 1. The van der Waals surface area contributed by atoms with Crippen LogP contribution in [0.2, 0.25) is 0 Å². The normalized spacial score (nSPS) is 10.6. The van der Waals surface area contributed by atoms with E-state index in [9.17, 15) is 9.18 Å². The lowest BCUT2D eigenvalue weighted by molar-refractivity contribution is 0.112. The van der Waals surface area contributed by atoms with Gasteiger partial charge in [-0.05, 0) is 18.2 Å². The number of carbonyl (C=O) groups excluding carboxylic acids is 1. The molecule has 0 bridgehead atoms. The molecule has 66 valence electrons. The largest absolute Gasteiger partial charge is 0.297 e. The lowest BCUT2D eigenvalue weighted by atomic mass is 10.2. The number of hydrogen-bond donors (Lipinski definition) is 0. The molecule has 13 heavy (non-hydrogen) atoms. The summed E-state index contributed by atoms with van der Waals surface area (Å²) in [5.41, 5.74) is 0. The zero-order chi connectivity index (χ0) is 9.42. The Labute approximate surface area is 86.3 Å². The summed E-state index contributed by atoms with van der Waals surface area (Å²) in [5, 5.41) is 0.510. The highest BCUT2D eigenvalue weighted by Crippen LogP contribution is 2.29. The van der Waals surface area contributed by atoms with Crippen LogP contribution in [0.1, 0.15) is 9.67 Å². The summed E-state index contributed by atoms with van der Waals surface area (Å²) in [6.45, 7) is 0. The van der Waals surface area contributed by atoms with Gasteiger partial charge in [0.05, 0.1) is 4.88 Å². The summed E-state index contributed by atoms with van der Waals surface area (Å²) >= 11 is 4.48. The van der Waals surface area contributed by atoms with Crippen molar-refractivity contribution in [3.63, 3.8) is 0 Å². The van der Waals surface area contributed by atoms with Crippen LogP contribution in [0.5, 0.6) is 0 Å². The third kappa shape index (κ3) is 1.51. The summed E-state index contributed by atoms with van der Waals surface area (Å²) in [6.07, 6.45) is 0.734. The molecule has 1 aromatic heterocycles. The van der Waals surface area contributed by atoms with Gasteiger partial charge in [-0.2, -0.15) is 0 Å². The van der Waals surface area contributed by atoms with E-state index in [4.69, 9.17) is 0 Å². The van der Waals surface area contributed by atoms with Gasteiger partial charge in [-0.25, -0.2) is 4.39 Å². The highest BCUT2D eigenvalue weighted by atomic mass is 79.9. The average molecular weight is 259 g/mol. The van der Waals surface area contributed by atoms with Crippen molar-refractivity contribution >= 4 is 43.6 Å². The van der Waals surface area contributed by atoms with E-state index in [1.807, 2.05) is 0 Å². The molecule has 0 spiro atoms. The second-order valence-electron chi connectivity index (χ2n) is 2.57. The third-order valence-corrected chi connectivity index (χ3v) is 3.15. The molecule has 0 saturated heterocycles. The minimum absolute atomic E-state index is 0.297. The first kappa shape index (κ1) is 8.84. The maximum atomic E-state index is 13.3. The van der Waals surface area contributed by atoms with E-state index in [0.29, 0.717) is 14.7 Å². The summed E-state index contributed by atoms with van der Waals surface area (Å²) in [7, 11) is 0. The predicted molar refractivity (Wildman–Crippen MR) is 54.9 cm³/mol. The number of halogens is 2. The van der Waals surface area contributed by atoms with Crippen LogP contribution in [0.4, 0.5) is 4.39 Å². The maximum absolute atomic E-state index is 13.3. The van der Waals surface area contributed by atoms with Gasteiger partial charge in [0.2, 0.25) is 0 Å². The summed E-state index contributed by atoms with van der Waals surface area (Å²) in [5.74, 6) is -0.297. The monoisotopic (exact) mass is 258 g/mol. The molecule has 4 heteroatoms. The summed E-state index contributed by atoms with van der Waals surface area (Å²) in [6, 6.07) is 4.76. The van der Waals surface area contributed by atoms with Crippen LogP contribution in [0.25, 0.3) is 10.1 Å². The van der Waals surface area contributed by atoms with Crippen molar-refractivity contribution in [3.05, 3.63) is 33.4 Å². The van der Waals surface area contributed by atoms with Crippen LogP contribution in [-0.4, -0.2) is 6.29 Å². The molecule has 1 aromatic carbocycles. The lowest BCUT2D eigenvalue weighted by Gasteiger charge is -1.92. The SMILES string of the molecule is O=Cc1cc2c(F)cc(Br)cc2s1. The Morgan fingerprint density at radius 3 is 2.85 bits per heavy atom. The van der Waals surface area contributed by atoms with Crippen molar-refractivity contribution in [1.29, 1.82) is 0 Å². The van der Waals surface area contributed by atoms with Crippen molar-refractivity contribution in [1.82, 2.24) is 0 Å². The topological polar surface area (TPSA) is 17.1 Å². The zero-order valence-corrected chi connectivity index (χ0v) is 8.78. The first-order chi connectivity index (χ1) is 6.20. The van der Waals surface area contributed by atoms with Crippen LogP contribution in [0, 0.1) is 5.82 Å².